The lowest BCUT2D eigenvalue weighted by molar-refractivity contribution is -0.115. The molecular weight excluding hydrogens is 429 g/mol. The third-order valence-electron chi connectivity index (χ3n) is 4.57. The van der Waals surface area contributed by atoms with Crippen LogP contribution in [0.25, 0.3) is 10.6 Å². The summed E-state index contributed by atoms with van der Waals surface area (Å²) in [6.45, 7) is 2.90. The number of nitrogens with one attached hydrogen (secondary N) is 1. The molecule has 1 saturated heterocycles. The second kappa shape index (κ2) is 9.13. The van der Waals surface area contributed by atoms with Gasteiger partial charge in [-0.15, -0.1) is 11.3 Å². The molecule has 2 heterocycles. The molecule has 150 valence electrons. The Morgan fingerprint density at radius 1 is 1.10 bits per heavy atom. The molecule has 2 aromatic carbocycles. The zero-order valence-corrected chi connectivity index (χ0v) is 17.9. The maximum absolute atomic E-state index is 12.7. The number of morpholine rings is 1. The van der Waals surface area contributed by atoms with Crippen molar-refractivity contribution in [2.45, 2.75) is 6.42 Å². The summed E-state index contributed by atoms with van der Waals surface area (Å²) in [5, 5.41) is 7.03. The normalized spacial score (nSPS) is 14.1. The molecule has 1 aliphatic heterocycles. The number of anilines is 2. The SMILES string of the molecule is O=C(Cc1csc(-c2ccc(Cl)cc2)n1)Nc1cc(Cl)ccc1N1CCOCC1. The van der Waals surface area contributed by atoms with E-state index in [1.165, 1.54) is 11.3 Å². The maximum Gasteiger partial charge on any atom is 0.230 e. The lowest BCUT2D eigenvalue weighted by Crippen LogP contribution is -2.36. The molecule has 0 atom stereocenters. The van der Waals surface area contributed by atoms with Crippen LogP contribution in [0.2, 0.25) is 10.0 Å². The van der Waals surface area contributed by atoms with E-state index in [4.69, 9.17) is 27.9 Å². The topological polar surface area (TPSA) is 54.5 Å². The first-order valence-corrected chi connectivity index (χ1v) is 10.8. The van der Waals surface area contributed by atoms with Crippen LogP contribution >= 0.6 is 34.5 Å². The van der Waals surface area contributed by atoms with E-state index in [2.05, 4.69) is 15.2 Å². The fourth-order valence-electron chi connectivity index (χ4n) is 3.16. The Hall–Kier alpha value is -2.12. The summed E-state index contributed by atoms with van der Waals surface area (Å²) in [4.78, 5) is 19.4. The first kappa shape index (κ1) is 20.2. The summed E-state index contributed by atoms with van der Waals surface area (Å²) < 4.78 is 5.42. The van der Waals surface area contributed by atoms with Crippen LogP contribution in [-0.4, -0.2) is 37.2 Å². The molecule has 1 aliphatic rings. The number of halogens is 2. The van der Waals surface area contributed by atoms with Gasteiger partial charge < -0.3 is 15.0 Å². The van der Waals surface area contributed by atoms with Crippen LogP contribution in [0, 0.1) is 0 Å². The summed E-state index contributed by atoms with van der Waals surface area (Å²) >= 11 is 13.6. The molecule has 1 N–H and O–H groups in total. The Balaban J connectivity index is 1.46. The second-order valence-electron chi connectivity index (χ2n) is 6.64. The molecule has 0 unspecified atom stereocenters. The number of carbonyl (C=O) groups is 1. The second-order valence-corrected chi connectivity index (χ2v) is 8.37. The number of carbonyl (C=O) groups excluding carboxylic acids is 1. The zero-order chi connectivity index (χ0) is 20.2. The molecule has 0 spiro atoms. The van der Waals surface area contributed by atoms with E-state index in [1.54, 1.807) is 6.07 Å². The highest BCUT2D eigenvalue weighted by molar-refractivity contribution is 7.13. The molecule has 0 bridgehead atoms. The molecule has 1 aromatic heterocycles. The van der Waals surface area contributed by atoms with Gasteiger partial charge in [0.25, 0.3) is 0 Å². The van der Waals surface area contributed by atoms with E-state index in [0.717, 1.165) is 35.0 Å². The van der Waals surface area contributed by atoms with E-state index in [0.29, 0.717) is 28.9 Å². The van der Waals surface area contributed by atoms with Crippen molar-refractivity contribution in [3.8, 4) is 10.6 Å². The monoisotopic (exact) mass is 447 g/mol. The third kappa shape index (κ3) is 5.08. The van der Waals surface area contributed by atoms with Gasteiger partial charge >= 0.3 is 0 Å². The average molecular weight is 448 g/mol. The van der Waals surface area contributed by atoms with E-state index >= 15 is 0 Å². The van der Waals surface area contributed by atoms with Crippen LogP contribution in [0.15, 0.2) is 47.8 Å². The van der Waals surface area contributed by atoms with Gasteiger partial charge in [0.1, 0.15) is 5.01 Å². The largest absolute Gasteiger partial charge is 0.378 e. The number of rotatable bonds is 5. The first-order valence-electron chi connectivity index (χ1n) is 9.21. The lowest BCUT2D eigenvalue weighted by atomic mass is 10.2. The van der Waals surface area contributed by atoms with Crippen LogP contribution in [0.5, 0.6) is 0 Å². The summed E-state index contributed by atoms with van der Waals surface area (Å²) in [5.74, 6) is -0.130. The first-order chi connectivity index (χ1) is 14.1. The Labute approximate surface area is 183 Å². The highest BCUT2D eigenvalue weighted by Crippen LogP contribution is 2.30. The van der Waals surface area contributed by atoms with Crippen molar-refractivity contribution in [3.63, 3.8) is 0 Å². The fraction of sp³-hybridized carbons (Fsp3) is 0.238. The summed E-state index contributed by atoms with van der Waals surface area (Å²) in [6.07, 6.45) is 0.194. The predicted octanol–water partition coefficient (Wildman–Crippen LogP) is 5.13. The quantitative estimate of drug-likeness (QED) is 0.588. The van der Waals surface area contributed by atoms with E-state index < -0.39 is 0 Å². The van der Waals surface area contributed by atoms with E-state index in [1.807, 2.05) is 41.8 Å². The number of thiazole rings is 1. The average Bonchev–Trinajstić information content (AvgIpc) is 3.17. The standard InChI is InChI=1S/C21H19Cl2N3O2S/c22-15-3-1-14(2-4-15)21-24-17(13-29-21)12-20(27)25-18-11-16(23)5-6-19(18)26-7-9-28-10-8-26/h1-6,11,13H,7-10,12H2,(H,25,27). The Kier molecular flexibility index (Phi) is 6.35. The molecule has 8 heteroatoms. The van der Waals surface area contributed by atoms with Crippen LogP contribution in [0.3, 0.4) is 0 Å². The minimum atomic E-state index is -0.130. The van der Waals surface area contributed by atoms with Crippen molar-refractivity contribution >= 4 is 51.8 Å². The van der Waals surface area contributed by atoms with Crippen molar-refractivity contribution in [2.75, 3.05) is 36.5 Å². The van der Waals surface area contributed by atoms with Crippen LogP contribution in [0.4, 0.5) is 11.4 Å². The highest BCUT2D eigenvalue weighted by Gasteiger charge is 2.17. The van der Waals surface area contributed by atoms with Crippen molar-refractivity contribution in [2.24, 2.45) is 0 Å². The van der Waals surface area contributed by atoms with Gasteiger partial charge in [-0.2, -0.15) is 0 Å². The fourth-order valence-corrected chi connectivity index (χ4v) is 4.28. The lowest BCUT2D eigenvalue weighted by Gasteiger charge is -2.30. The molecule has 1 amide bonds. The molecule has 3 aromatic rings. The number of hydrogen-bond acceptors (Lipinski definition) is 5. The van der Waals surface area contributed by atoms with Gasteiger partial charge in [-0.05, 0) is 30.3 Å². The number of ether oxygens (including phenoxy) is 1. The van der Waals surface area contributed by atoms with Gasteiger partial charge in [-0.25, -0.2) is 4.98 Å². The van der Waals surface area contributed by atoms with Crippen molar-refractivity contribution in [1.29, 1.82) is 0 Å². The molecule has 0 saturated carbocycles. The van der Waals surface area contributed by atoms with Gasteiger partial charge in [0.05, 0.1) is 36.7 Å². The van der Waals surface area contributed by atoms with Crippen LogP contribution in [-0.2, 0) is 16.0 Å². The smallest absolute Gasteiger partial charge is 0.230 e. The molecule has 1 fully saturated rings. The molecular formula is C21H19Cl2N3O2S. The number of aromatic nitrogens is 1. The zero-order valence-electron chi connectivity index (χ0n) is 15.5. The molecule has 0 radical (unpaired) electrons. The van der Waals surface area contributed by atoms with Crippen LogP contribution < -0.4 is 10.2 Å². The maximum atomic E-state index is 12.7. The van der Waals surface area contributed by atoms with Gasteiger partial charge in [0.15, 0.2) is 0 Å². The number of benzene rings is 2. The van der Waals surface area contributed by atoms with Crippen LogP contribution in [0.1, 0.15) is 5.69 Å². The van der Waals surface area contributed by atoms with Gasteiger partial charge in [-0.1, -0.05) is 35.3 Å². The molecule has 5 nitrogen and oxygen atoms in total. The summed E-state index contributed by atoms with van der Waals surface area (Å²) in [5.41, 5.74) is 3.37. The van der Waals surface area contributed by atoms with Gasteiger partial charge in [0, 0.05) is 34.1 Å². The van der Waals surface area contributed by atoms with Crippen molar-refractivity contribution in [3.05, 3.63) is 63.6 Å². The minimum Gasteiger partial charge on any atom is -0.378 e. The third-order valence-corrected chi connectivity index (χ3v) is 6.00. The Bertz CT molecular complexity index is 1000. The number of nitrogens with zero attached hydrogens (tertiary/aromatic N) is 2. The Morgan fingerprint density at radius 2 is 1.83 bits per heavy atom. The summed E-state index contributed by atoms with van der Waals surface area (Å²) in [7, 11) is 0. The van der Waals surface area contributed by atoms with E-state index in [9.17, 15) is 4.79 Å². The van der Waals surface area contributed by atoms with E-state index in [-0.39, 0.29) is 12.3 Å². The Morgan fingerprint density at radius 3 is 2.59 bits per heavy atom. The number of hydrogen-bond donors (Lipinski definition) is 1. The summed E-state index contributed by atoms with van der Waals surface area (Å²) in [6, 6.07) is 13.1. The van der Waals surface area contributed by atoms with Gasteiger partial charge in [0.2, 0.25) is 5.91 Å². The predicted molar refractivity (Wildman–Crippen MR) is 119 cm³/mol. The number of amides is 1. The van der Waals surface area contributed by atoms with Crippen molar-refractivity contribution < 1.29 is 9.53 Å². The molecule has 0 aliphatic carbocycles. The molecule has 29 heavy (non-hydrogen) atoms. The van der Waals surface area contributed by atoms with Crippen molar-refractivity contribution in [1.82, 2.24) is 4.98 Å². The highest BCUT2D eigenvalue weighted by atomic mass is 35.5. The van der Waals surface area contributed by atoms with Gasteiger partial charge in [-0.3, -0.25) is 4.79 Å². The molecule has 4 rings (SSSR count). The minimum absolute atomic E-state index is 0.130.